The molecule has 1 aliphatic heterocycles. The highest BCUT2D eigenvalue weighted by Gasteiger charge is 2.15. The molecule has 5 heteroatoms. The first-order valence-corrected chi connectivity index (χ1v) is 7.47. The molecule has 1 aromatic heterocycles. The Morgan fingerprint density at radius 3 is 2.74 bits per heavy atom. The van der Waals surface area contributed by atoms with Crippen LogP contribution in [0.2, 0.25) is 0 Å². The number of hydrogen-bond acceptors (Lipinski definition) is 5. The van der Waals surface area contributed by atoms with E-state index in [-0.39, 0.29) is 0 Å². The second-order valence-electron chi connectivity index (χ2n) is 5.52. The molecule has 0 bridgehead atoms. The van der Waals surface area contributed by atoms with Gasteiger partial charge in [0.25, 0.3) is 0 Å². The van der Waals surface area contributed by atoms with Crippen LogP contribution in [0.25, 0.3) is 0 Å². The molecule has 0 unspecified atom stereocenters. The van der Waals surface area contributed by atoms with Crippen LogP contribution in [-0.4, -0.2) is 42.4 Å². The summed E-state index contributed by atoms with van der Waals surface area (Å²) in [6.45, 7) is 4.20. The molecule has 1 saturated carbocycles. The highest BCUT2D eigenvalue weighted by atomic mass is 15.2. The third-order valence-corrected chi connectivity index (χ3v) is 4.08. The minimum Gasteiger partial charge on any atom is -0.368 e. The number of anilines is 2. The average molecular weight is 261 g/mol. The largest absolute Gasteiger partial charge is 0.368 e. The van der Waals surface area contributed by atoms with Crippen molar-refractivity contribution in [1.29, 1.82) is 0 Å². The van der Waals surface area contributed by atoms with Crippen molar-refractivity contribution < 1.29 is 0 Å². The van der Waals surface area contributed by atoms with Crippen molar-refractivity contribution in [2.45, 2.75) is 38.1 Å². The third kappa shape index (κ3) is 3.35. The van der Waals surface area contributed by atoms with E-state index in [1.807, 2.05) is 6.20 Å². The summed E-state index contributed by atoms with van der Waals surface area (Å²) >= 11 is 0. The quantitative estimate of drug-likeness (QED) is 0.866. The third-order valence-electron chi connectivity index (χ3n) is 4.08. The fraction of sp³-hybridized carbons (Fsp3) is 0.714. The molecule has 104 valence electrons. The van der Waals surface area contributed by atoms with Crippen LogP contribution in [0.1, 0.15) is 32.1 Å². The van der Waals surface area contributed by atoms with E-state index in [1.165, 1.54) is 37.8 Å². The standard InChI is InChI=1S/C14H23N5/c1-2-4-12(5-3-1)17-14-10-13(11-16-18-14)19-8-6-15-7-9-19/h10-12,15H,1-9H2,(H,17,18). The summed E-state index contributed by atoms with van der Waals surface area (Å²) in [6.07, 6.45) is 8.45. The summed E-state index contributed by atoms with van der Waals surface area (Å²) in [6, 6.07) is 2.73. The van der Waals surface area contributed by atoms with Crippen LogP contribution in [0.15, 0.2) is 12.3 Å². The smallest absolute Gasteiger partial charge is 0.150 e. The number of hydrogen-bond donors (Lipinski definition) is 2. The van der Waals surface area contributed by atoms with Crippen molar-refractivity contribution >= 4 is 11.5 Å². The summed E-state index contributed by atoms with van der Waals surface area (Å²) < 4.78 is 0. The van der Waals surface area contributed by atoms with Crippen LogP contribution in [0, 0.1) is 0 Å². The van der Waals surface area contributed by atoms with Crippen molar-refractivity contribution in [2.24, 2.45) is 0 Å². The molecule has 0 radical (unpaired) electrons. The van der Waals surface area contributed by atoms with Crippen molar-refractivity contribution in [1.82, 2.24) is 15.5 Å². The molecule has 0 atom stereocenters. The highest BCUT2D eigenvalue weighted by Crippen LogP contribution is 2.22. The van der Waals surface area contributed by atoms with Gasteiger partial charge in [-0.15, -0.1) is 5.10 Å². The lowest BCUT2D eigenvalue weighted by Gasteiger charge is -2.29. The van der Waals surface area contributed by atoms with Crippen LogP contribution in [-0.2, 0) is 0 Å². The molecule has 2 fully saturated rings. The highest BCUT2D eigenvalue weighted by molar-refractivity contribution is 5.52. The molecule has 0 spiro atoms. The van der Waals surface area contributed by atoms with Gasteiger partial charge in [0.1, 0.15) is 0 Å². The molecule has 19 heavy (non-hydrogen) atoms. The molecular formula is C14H23N5. The molecule has 3 rings (SSSR count). The normalized spacial score (nSPS) is 21.4. The molecule has 5 nitrogen and oxygen atoms in total. The van der Waals surface area contributed by atoms with Gasteiger partial charge < -0.3 is 15.5 Å². The summed E-state index contributed by atoms with van der Waals surface area (Å²) in [7, 11) is 0. The fourth-order valence-corrected chi connectivity index (χ4v) is 2.98. The number of aromatic nitrogens is 2. The summed E-state index contributed by atoms with van der Waals surface area (Å²) in [5.74, 6) is 0.933. The lowest BCUT2D eigenvalue weighted by Crippen LogP contribution is -2.43. The average Bonchev–Trinajstić information content (AvgIpc) is 2.49. The Morgan fingerprint density at radius 1 is 1.16 bits per heavy atom. The SMILES string of the molecule is c1nnc(NC2CCCCC2)cc1N1CCNCC1. The van der Waals surface area contributed by atoms with Gasteiger partial charge in [0.15, 0.2) is 5.82 Å². The maximum absolute atomic E-state index is 4.22. The first-order valence-electron chi connectivity index (χ1n) is 7.47. The van der Waals surface area contributed by atoms with Crippen molar-refractivity contribution in [3.05, 3.63) is 12.3 Å². The van der Waals surface area contributed by atoms with Crippen LogP contribution in [0.3, 0.4) is 0 Å². The molecule has 2 aliphatic rings. The van der Waals surface area contributed by atoms with Gasteiger partial charge >= 0.3 is 0 Å². The molecule has 2 heterocycles. The van der Waals surface area contributed by atoms with Gasteiger partial charge in [-0.25, -0.2) is 0 Å². The fourth-order valence-electron chi connectivity index (χ4n) is 2.98. The van der Waals surface area contributed by atoms with Gasteiger partial charge in [0, 0.05) is 38.3 Å². The lowest BCUT2D eigenvalue weighted by atomic mass is 9.95. The van der Waals surface area contributed by atoms with E-state index in [9.17, 15) is 0 Å². The topological polar surface area (TPSA) is 53.1 Å². The van der Waals surface area contributed by atoms with Gasteiger partial charge in [-0.05, 0) is 12.8 Å². The molecule has 1 aromatic rings. The summed E-state index contributed by atoms with van der Waals surface area (Å²) in [5.41, 5.74) is 1.19. The predicted octanol–water partition coefficient (Wildman–Crippen LogP) is 1.63. The Balaban J connectivity index is 1.64. The van der Waals surface area contributed by atoms with Gasteiger partial charge in [-0.1, -0.05) is 19.3 Å². The molecule has 2 N–H and O–H groups in total. The molecule has 0 amide bonds. The zero-order chi connectivity index (χ0) is 12.9. The van der Waals surface area contributed by atoms with Gasteiger partial charge in [-0.2, -0.15) is 5.10 Å². The molecule has 1 saturated heterocycles. The minimum absolute atomic E-state index is 0.585. The molecular weight excluding hydrogens is 238 g/mol. The second-order valence-corrected chi connectivity index (χ2v) is 5.52. The van der Waals surface area contributed by atoms with Crippen LogP contribution >= 0.6 is 0 Å². The Kier molecular flexibility index (Phi) is 4.13. The molecule has 0 aromatic carbocycles. The van der Waals surface area contributed by atoms with E-state index < -0.39 is 0 Å². The number of piperazine rings is 1. The number of nitrogens with one attached hydrogen (secondary N) is 2. The Hall–Kier alpha value is -1.36. The van der Waals surface area contributed by atoms with Crippen LogP contribution < -0.4 is 15.5 Å². The van der Waals surface area contributed by atoms with E-state index in [4.69, 9.17) is 0 Å². The van der Waals surface area contributed by atoms with Gasteiger partial charge in [-0.3, -0.25) is 0 Å². The predicted molar refractivity (Wildman–Crippen MR) is 77.6 cm³/mol. The first-order chi connectivity index (χ1) is 9.42. The zero-order valence-electron chi connectivity index (χ0n) is 11.4. The summed E-state index contributed by atoms with van der Waals surface area (Å²) in [4.78, 5) is 2.37. The molecule has 1 aliphatic carbocycles. The Bertz CT molecular complexity index is 397. The van der Waals surface area contributed by atoms with Crippen LogP contribution in [0.4, 0.5) is 11.5 Å². The maximum Gasteiger partial charge on any atom is 0.150 e. The van der Waals surface area contributed by atoms with E-state index in [0.717, 1.165) is 32.0 Å². The van der Waals surface area contributed by atoms with E-state index in [1.54, 1.807) is 0 Å². The second kappa shape index (κ2) is 6.19. The van der Waals surface area contributed by atoms with E-state index >= 15 is 0 Å². The Morgan fingerprint density at radius 2 is 1.95 bits per heavy atom. The number of nitrogens with zero attached hydrogens (tertiary/aromatic N) is 3. The van der Waals surface area contributed by atoms with Crippen molar-refractivity contribution in [3.8, 4) is 0 Å². The van der Waals surface area contributed by atoms with Gasteiger partial charge in [0.05, 0.1) is 11.9 Å². The first kappa shape index (κ1) is 12.7. The lowest BCUT2D eigenvalue weighted by molar-refractivity contribution is 0.461. The van der Waals surface area contributed by atoms with E-state index in [0.29, 0.717) is 6.04 Å². The Labute approximate surface area is 114 Å². The van der Waals surface area contributed by atoms with Crippen molar-refractivity contribution in [3.63, 3.8) is 0 Å². The summed E-state index contributed by atoms with van der Waals surface area (Å²) in [5, 5.41) is 15.3. The van der Waals surface area contributed by atoms with Gasteiger partial charge in [0.2, 0.25) is 0 Å². The maximum atomic E-state index is 4.22. The van der Waals surface area contributed by atoms with Crippen LogP contribution in [0.5, 0.6) is 0 Å². The number of rotatable bonds is 3. The minimum atomic E-state index is 0.585. The van der Waals surface area contributed by atoms with Crippen molar-refractivity contribution in [2.75, 3.05) is 36.4 Å². The van der Waals surface area contributed by atoms with E-state index in [2.05, 4.69) is 31.8 Å². The monoisotopic (exact) mass is 261 g/mol. The zero-order valence-corrected chi connectivity index (χ0v) is 11.4.